The molecule has 0 aromatic rings. The van der Waals surface area contributed by atoms with Crippen molar-refractivity contribution in [3.05, 3.63) is 24.3 Å². The highest BCUT2D eigenvalue weighted by molar-refractivity contribution is 5.70. The van der Waals surface area contributed by atoms with Gasteiger partial charge in [0.15, 0.2) is 0 Å². The Bertz CT molecular complexity index is 772. The van der Waals surface area contributed by atoms with Gasteiger partial charge in [0.25, 0.3) is 0 Å². The van der Waals surface area contributed by atoms with E-state index in [0.717, 1.165) is 103 Å². The van der Waals surface area contributed by atoms with Crippen molar-refractivity contribution in [2.75, 3.05) is 40.5 Å². The van der Waals surface area contributed by atoms with Crippen LogP contribution in [0, 0.1) is 5.92 Å². The third-order valence-electron chi connectivity index (χ3n) is 8.92. The molecule has 0 unspecified atom stereocenters. The second-order valence-corrected chi connectivity index (χ2v) is 14.1. The highest BCUT2D eigenvalue weighted by Gasteiger charge is 2.13. The first-order valence-corrected chi connectivity index (χ1v) is 20.3. The van der Waals surface area contributed by atoms with Gasteiger partial charge < -0.3 is 19.1 Å². The summed E-state index contributed by atoms with van der Waals surface area (Å²) in [6.07, 6.45) is 35.3. The number of esters is 3. The van der Waals surface area contributed by atoms with Gasteiger partial charge in [0.2, 0.25) is 0 Å². The van der Waals surface area contributed by atoms with Crippen LogP contribution in [0.3, 0.4) is 0 Å². The van der Waals surface area contributed by atoms with E-state index in [1.54, 1.807) is 0 Å². The third-order valence-corrected chi connectivity index (χ3v) is 8.92. The van der Waals surface area contributed by atoms with E-state index in [9.17, 15) is 14.4 Å². The van der Waals surface area contributed by atoms with Crippen LogP contribution in [-0.4, -0.2) is 63.3 Å². The minimum atomic E-state index is -0.0979. The Balaban J connectivity index is 4.14. The summed E-state index contributed by atoms with van der Waals surface area (Å²) in [5, 5.41) is 0. The van der Waals surface area contributed by atoms with Crippen LogP contribution in [0.5, 0.6) is 0 Å². The zero-order valence-electron chi connectivity index (χ0n) is 32.5. The number of carbonyl (C=O) groups excluding carboxylic acids is 3. The van der Waals surface area contributed by atoms with Crippen molar-refractivity contribution in [2.24, 2.45) is 5.92 Å². The lowest BCUT2D eigenvalue weighted by molar-refractivity contribution is -0.145. The second-order valence-electron chi connectivity index (χ2n) is 14.1. The Labute approximate surface area is 302 Å². The zero-order chi connectivity index (χ0) is 36.0. The summed E-state index contributed by atoms with van der Waals surface area (Å²) < 4.78 is 16.4. The van der Waals surface area contributed by atoms with Crippen LogP contribution in [0.15, 0.2) is 24.3 Å². The van der Waals surface area contributed by atoms with E-state index in [1.807, 2.05) is 26.2 Å². The molecule has 0 N–H and O–H groups in total. The SMILES string of the molecule is CCCCCC/C=C\COC(=O)CCCCCCCC(CCCCCCCC(=O)OC/C=C\CCCCCC)COC(=O)CCCN(C)C. The molecule has 0 atom stereocenters. The Morgan fingerprint density at radius 2 is 0.898 bits per heavy atom. The number of allylic oxidation sites excluding steroid dienone is 2. The first-order valence-electron chi connectivity index (χ1n) is 20.3. The molecular weight excluding hydrogens is 614 g/mol. The standard InChI is InChI=1S/C42H77NO6/c1-5-7-9-11-13-21-27-36-47-40(44)32-25-19-15-17-23-30-39(38-49-42(46)34-29-35-43(3)4)31-24-18-16-20-26-33-41(45)48-37-28-22-14-12-10-8-6-2/h21-22,27-28,39H,5-20,23-26,29-38H2,1-4H3/b27-21-,28-22-. The van der Waals surface area contributed by atoms with Gasteiger partial charge >= 0.3 is 17.9 Å². The first kappa shape index (κ1) is 46.9. The molecule has 7 heteroatoms. The van der Waals surface area contributed by atoms with Crippen LogP contribution < -0.4 is 0 Å². The van der Waals surface area contributed by atoms with E-state index in [-0.39, 0.29) is 17.9 Å². The van der Waals surface area contributed by atoms with Crippen LogP contribution in [0.4, 0.5) is 0 Å². The molecule has 0 amide bonds. The highest BCUT2D eigenvalue weighted by atomic mass is 16.5. The molecule has 286 valence electrons. The molecule has 49 heavy (non-hydrogen) atoms. The maximum atomic E-state index is 12.3. The van der Waals surface area contributed by atoms with Gasteiger partial charge in [-0.15, -0.1) is 0 Å². The molecule has 0 aliphatic carbocycles. The Hall–Kier alpha value is -2.15. The van der Waals surface area contributed by atoms with Crippen LogP contribution in [0.1, 0.15) is 181 Å². The third kappa shape index (κ3) is 36.9. The van der Waals surface area contributed by atoms with Gasteiger partial charge in [-0.1, -0.05) is 128 Å². The van der Waals surface area contributed by atoms with Gasteiger partial charge in [0.05, 0.1) is 6.61 Å². The van der Waals surface area contributed by atoms with E-state index < -0.39 is 0 Å². The van der Waals surface area contributed by atoms with Crippen molar-refractivity contribution < 1.29 is 28.6 Å². The van der Waals surface area contributed by atoms with Gasteiger partial charge in [0, 0.05) is 19.3 Å². The number of unbranched alkanes of at least 4 members (excludes halogenated alkanes) is 16. The van der Waals surface area contributed by atoms with E-state index in [4.69, 9.17) is 14.2 Å². The lowest BCUT2D eigenvalue weighted by atomic mass is 9.94. The van der Waals surface area contributed by atoms with Crippen molar-refractivity contribution >= 4 is 17.9 Å². The predicted molar refractivity (Wildman–Crippen MR) is 205 cm³/mol. The molecule has 0 radical (unpaired) electrons. The van der Waals surface area contributed by atoms with Crippen LogP contribution in [-0.2, 0) is 28.6 Å². The molecule has 0 rings (SSSR count). The fourth-order valence-corrected chi connectivity index (χ4v) is 5.78. The number of hydrogen-bond donors (Lipinski definition) is 0. The van der Waals surface area contributed by atoms with Crippen molar-refractivity contribution in [1.29, 1.82) is 0 Å². The average molecular weight is 692 g/mol. The van der Waals surface area contributed by atoms with E-state index >= 15 is 0 Å². The van der Waals surface area contributed by atoms with Crippen molar-refractivity contribution in [1.82, 2.24) is 4.90 Å². The fourth-order valence-electron chi connectivity index (χ4n) is 5.78. The topological polar surface area (TPSA) is 82.1 Å². The summed E-state index contributed by atoms with van der Waals surface area (Å²) in [4.78, 5) is 38.4. The molecule has 0 bridgehead atoms. The summed E-state index contributed by atoms with van der Waals surface area (Å²) in [5.41, 5.74) is 0. The number of carbonyl (C=O) groups is 3. The molecule has 0 saturated carbocycles. The minimum absolute atomic E-state index is 0.0875. The minimum Gasteiger partial charge on any atom is -0.465 e. The molecule has 0 aliphatic rings. The molecule has 7 nitrogen and oxygen atoms in total. The first-order chi connectivity index (χ1) is 23.9. The van der Waals surface area contributed by atoms with Crippen LogP contribution in [0.25, 0.3) is 0 Å². The normalized spacial score (nSPS) is 11.7. The van der Waals surface area contributed by atoms with Crippen molar-refractivity contribution in [3.63, 3.8) is 0 Å². The van der Waals surface area contributed by atoms with Gasteiger partial charge in [0.1, 0.15) is 13.2 Å². The average Bonchev–Trinajstić information content (AvgIpc) is 3.08. The maximum absolute atomic E-state index is 12.3. The lowest BCUT2D eigenvalue weighted by Crippen LogP contribution is -2.17. The van der Waals surface area contributed by atoms with Gasteiger partial charge in [-0.05, 0) is 84.3 Å². The second kappa shape index (κ2) is 37.1. The molecule has 0 saturated heterocycles. The van der Waals surface area contributed by atoms with Gasteiger partial charge in [-0.3, -0.25) is 14.4 Å². The molecule has 0 fully saturated rings. The molecular formula is C42H77NO6. The maximum Gasteiger partial charge on any atom is 0.306 e. The molecule has 0 heterocycles. The summed E-state index contributed by atoms with van der Waals surface area (Å²) in [6, 6.07) is 0. The van der Waals surface area contributed by atoms with Gasteiger partial charge in [-0.2, -0.15) is 0 Å². The quantitative estimate of drug-likeness (QED) is 0.0280. The molecule has 0 aromatic carbocycles. The Morgan fingerprint density at radius 1 is 0.490 bits per heavy atom. The van der Waals surface area contributed by atoms with E-state index in [0.29, 0.717) is 45.0 Å². The highest BCUT2D eigenvalue weighted by Crippen LogP contribution is 2.20. The lowest BCUT2D eigenvalue weighted by Gasteiger charge is -2.17. The fraction of sp³-hybridized carbons (Fsp3) is 0.833. The zero-order valence-corrected chi connectivity index (χ0v) is 32.5. The number of hydrogen-bond acceptors (Lipinski definition) is 7. The summed E-state index contributed by atoms with van der Waals surface area (Å²) >= 11 is 0. The van der Waals surface area contributed by atoms with Crippen LogP contribution in [0.2, 0.25) is 0 Å². The molecule has 0 aliphatic heterocycles. The van der Waals surface area contributed by atoms with E-state index in [1.165, 1.54) is 51.4 Å². The largest absolute Gasteiger partial charge is 0.465 e. The number of ether oxygens (including phenoxy) is 3. The number of rotatable bonds is 36. The Kier molecular flexibility index (Phi) is 35.5. The molecule has 0 spiro atoms. The van der Waals surface area contributed by atoms with Crippen molar-refractivity contribution in [3.8, 4) is 0 Å². The number of nitrogens with zero attached hydrogens (tertiary/aromatic N) is 1. The summed E-state index contributed by atoms with van der Waals surface area (Å²) in [5.74, 6) is 0.108. The molecule has 0 aromatic heterocycles. The summed E-state index contributed by atoms with van der Waals surface area (Å²) in [6.45, 7) is 6.61. The van der Waals surface area contributed by atoms with Crippen molar-refractivity contribution in [2.45, 2.75) is 181 Å². The van der Waals surface area contributed by atoms with E-state index in [2.05, 4.69) is 30.9 Å². The monoisotopic (exact) mass is 692 g/mol. The Morgan fingerprint density at radius 3 is 1.37 bits per heavy atom. The van der Waals surface area contributed by atoms with Crippen LogP contribution >= 0.6 is 0 Å². The smallest absolute Gasteiger partial charge is 0.306 e. The predicted octanol–water partition coefficient (Wildman–Crippen LogP) is 11.1. The van der Waals surface area contributed by atoms with Gasteiger partial charge in [-0.25, -0.2) is 0 Å². The summed E-state index contributed by atoms with van der Waals surface area (Å²) in [7, 11) is 4.04.